The van der Waals surface area contributed by atoms with E-state index < -0.39 is 0 Å². The summed E-state index contributed by atoms with van der Waals surface area (Å²) in [6, 6.07) is 9.77. The first-order chi connectivity index (χ1) is 10.3. The van der Waals surface area contributed by atoms with Crippen molar-refractivity contribution in [2.75, 3.05) is 19.6 Å². The summed E-state index contributed by atoms with van der Waals surface area (Å²) in [5.41, 5.74) is 1.07. The number of rotatable bonds is 6. The van der Waals surface area contributed by atoms with Crippen molar-refractivity contribution in [2.24, 2.45) is 5.92 Å². The number of nitrogens with one attached hydrogen (secondary N) is 3. The Morgan fingerprint density at radius 3 is 2.71 bits per heavy atom. The van der Waals surface area contributed by atoms with Crippen molar-refractivity contribution >= 4 is 11.8 Å². The molecule has 0 spiro atoms. The molecule has 1 atom stereocenters. The summed E-state index contributed by atoms with van der Waals surface area (Å²) in [6.45, 7) is 2.66. The molecule has 21 heavy (non-hydrogen) atoms. The van der Waals surface area contributed by atoms with E-state index in [0.717, 1.165) is 31.5 Å². The molecular weight excluding hydrogens is 266 g/mol. The second-order valence-corrected chi connectivity index (χ2v) is 5.35. The van der Waals surface area contributed by atoms with Crippen LogP contribution < -0.4 is 16.0 Å². The van der Waals surface area contributed by atoms with Crippen molar-refractivity contribution in [2.45, 2.75) is 25.8 Å². The molecule has 0 bridgehead atoms. The zero-order chi connectivity index (χ0) is 14.9. The molecule has 5 nitrogen and oxygen atoms in total. The lowest BCUT2D eigenvalue weighted by Gasteiger charge is -2.21. The highest BCUT2D eigenvalue weighted by Gasteiger charge is 2.20. The van der Waals surface area contributed by atoms with Crippen LogP contribution in [0, 0.1) is 5.92 Å². The molecule has 0 aromatic heterocycles. The highest BCUT2D eigenvalue weighted by molar-refractivity contribution is 5.80. The van der Waals surface area contributed by atoms with Gasteiger partial charge in [-0.1, -0.05) is 30.3 Å². The number of carbonyl (C=O) groups is 2. The van der Waals surface area contributed by atoms with Gasteiger partial charge >= 0.3 is 0 Å². The fraction of sp³-hybridized carbons (Fsp3) is 0.500. The highest BCUT2D eigenvalue weighted by Crippen LogP contribution is 2.09. The van der Waals surface area contributed by atoms with Gasteiger partial charge in [-0.2, -0.15) is 0 Å². The predicted octanol–water partition coefficient (Wildman–Crippen LogP) is 0.809. The van der Waals surface area contributed by atoms with Gasteiger partial charge in [0.2, 0.25) is 11.8 Å². The number of hydrogen-bond acceptors (Lipinski definition) is 3. The SMILES string of the molecule is O=C(CCNC(=O)C1CCCNC1)NCc1ccccc1. The van der Waals surface area contributed by atoms with Crippen molar-refractivity contribution in [3.05, 3.63) is 35.9 Å². The summed E-state index contributed by atoms with van der Waals surface area (Å²) in [4.78, 5) is 23.6. The maximum Gasteiger partial charge on any atom is 0.224 e. The number of amides is 2. The van der Waals surface area contributed by atoms with Crippen LogP contribution in [-0.2, 0) is 16.1 Å². The van der Waals surface area contributed by atoms with Crippen LogP contribution in [0.15, 0.2) is 30.3 Å². The minimum absolute atomic E-state index is 0.0408. The molecule has 1 aromatic carbocycles. The fourth-order valence-electron chi connectivity index (χ4n) is 2.40. The van der Waals surface area contributed by atoms with Crippen LogP contribution >= 0.6 is 0 Å². The average molecular weight is 289 g/mol. The van der Waals surface area contributed by atoms with Gasteiger partial charge in [0.1, 0.15) is 0 Å². The largest absolute Gasteiger partial charge is 0.355 e. The first-order valence-corrected chi connectivity index (χ1v) is 7.55. The quantitative estimate of drug-likeness (QED) is 0.726. The van der Waals surface area contributed by atoms with Crippen molar-refractivity contribution in [3.63, 3.8) is 0 Å². The van der Waals surface area contributed by atoms with Crippen LogP contribution in [0.5, 0.6) is 0 Å². The maximum absolute atomic E-state index is 11.9. The Morgan fingerprint density at radius 2 is 2.00 bits per heavy atom. The van der Waals surface area contributed by atoms with Crippen LogP contribution in [0.4, 0.5) is 0 Å². The average Bonchev–Trinajstić information content (AvgIpc) is 2.54. The Balaban J connectivity index is 1.59. The summed E-state index contributed by atoms with van der Waals surface area (Å²) < 4.78 is 0. The van der Waals surface area contributed by atoms with Crippen LogP contribution in [0.2, 0.25) is 0 Å². The summed E-state index contributed by atoms with van der Waals surface area (Å²) in [6.07, 6.45) is 2.29. The minimum atomic E-state index is -0.0408. The first-order valence-electron chi connectivity index (χ1n) is 7.55. The van der Waals surface area contributed by atoms with Crippen LogP contribution in [0.3, 0.4) is 0 Å². The van der Waals surface area contributed by atoms with E-state index in [2.05, 4.69) is 16.0 Å². The molecule has 1 aliphatic rings. The van der Waals surface area contributed by atoms with E-state index in [1.54, 1.807) is 0 Å². The van der Waals surface area contributed by atoms with Gasteiger partial charge in [-0.3, -0.25) is 9.59 Å². The monoisotopic (exact) mass is 289 g/mol. The normalized spacial score (nSPS) is 18.0. The molecule has 1 saturated heterocycles. The molecule has 1 aromatic rings. The first kappa shape index (κ1) is 15.5. The molecule has 5 heteroatoms. The molecule has 0 radical (unpaired) electrons. The molecular formula is C16H23N3O2. The van der Waals surface area contributed by atoms with E-state index >= 15 is 0 Å². The summed E-state index contributed by atoms with van der Waals surface area (Å²) in [5.74, 6) is 0.0603. The van der Waals surface area contributed by atoms with Crippen LogP contribution in [0.25, 0.3) is 0 Å². The van der Waals surface area contributed by atoms with Gasteiger partial charge in [0.15, 0.2) is 0 Å². The van der Waals surface area contributed by atoms with E-state index in [-0.39, 0.29) is 17.7 Å². The lowest BCUT2D eigenvalue weighted by Crippen LogP contribution is -2.41. The molecule has 2 rings (SSSR count). The zero-order valence-corrected chi connectivity index (χ0v) is 12.2. The maximum atomic E-state index is 11.9. The van der Waals surface area contributed by atoms with Gasteiger partial charge in [-0.25, -0.2) is 0 Å². The Hall–Kier alpha value is -1.88. The number of benzene rings is 1. The van der Waals surface area contributed by atoms with E-state index in [4.69, 9.17) is 0 Å². The van der Waals surface area contributed by atoms with Gasteiger partial charge in [-0.15, -0.1) is 0 Å². The molecule has 0 saturated carbocycles. The number of carbonyl (C=O) groups excluding carboxylic acids is 2. The third-order valence-corrected chi connectivity index (χ3v) is 3.65. The molecule has 1 fully saturated rings. The predicted molar refractivity (Wildman–Crippen MR) is 81.5 cm³/mol. The molecule has 114 valence electrons. The van der Waals surface area contributed by atoms with E-state index in [0.29, 0.717) is 19.5 Å². The Kier molecular flexibility index (Phi) is 6.22. The highest BCUT2D eigenvalue weighted by atomic mass is 16.2. The lowest BCUT2D eigenvalue weighted by molar-refractivity contribution is -0.125. The Bertz CT molecular complexity index is 456. The van der Waals surface area contributed by atoms with Crippen LogP contribution in [0.1, 0.15) is 24.8 Å². The second kappa shape index (κ2) is 8.42. The summed E-state index contributed by atoms with van der Waals surface area (Å²) in [7, 11) is 0. The number of piperidine rings is 1. The van der Waals surface area contributed by atoms with Gasteiger partial charge in [0.25, 0.3) is 0 Å². The van der Waals surface area contributed by atoms with Crippen molar-refractivity contribution < 1.29 is 9.59 Å². The Morgan fingerprint density at radius 1 is 1.19 bits per heavy atom. The number of hydrogen-bond donors (Lipinski definition) is 3. The fourth-order valence-corrected chi connectivity index (χ4v) is 2.40. The summed E-state index contributed by atoms with van der Waals surface area (Å²) >= 11 is 0. The van der Waals surface area contributed by atoms with E-state index in [1.807, 2.05) is 30.3 Å². The van der Waals surface area contributed by atoms with Gasteiger partial charge in [0, 0.05) is 26.1 Å². The molecule has 1 aliphatic heterocycles. The topological polar surface area (TPSA) is 70.2 Å². The van der Waals surface area contributed by atoms with Gasteiger partial charge < -0.3 is 16.0 Å². The van der Waals surface area contributed by atoms with Crippen molar-refractivity contribution in [1.82, 2.24) is 16.0 Å². The van der Waals surface area contributed by atoms with E-state index in [9.17, 15) is 9.59 Å². The zero-order valence-electron chi connectivity index (χ0n) is 12.2. The standard InChI is InChI=1S/C16H23N3O2/c20-15(19-11-13-5-2-1-3-6-13)8-10-18-16(21)14-7-4-9-17-12-14/h1-3,5-6,14,17H,4,7-12H2,(H,18,21)(H,19,20). The smallest absolute Gasteiger partial charge is 0.224 e. The molecule has 1 unspecified atom stereocenters. The third-order valence-electron chi connectivity index (χ3n) is 3.65. The van der Waals surface area contributed by atoms with Crippen molar-refractivity contribution in [3.8, 4) is 0 Å². The van der Waals surface area contributed by atoms with E-state index in [1.165, 1.54) is 0 Å². The Labute approximate surface area is 125 Å². The van der Waals surface area contributed by atoms with Gasteiger partial charge in [0.05, 0.1) is 5.92 Å². The van der Waals surface area contributed by atoms with Gasteiger partial charge in [-0.05, 0) is 24.9 Å². The third kappa shape index (κ3) is 5.55. The van der Waals surface area contributed by atoms with Crippen LogP contribution in [-0.4, -0.2) is 31.4 Å². The minimum Gasteiger partial charge on any atom is -0.355 e. The lowest BCUT2D eigenvalue weighted by atomic mass is 9.99. The molecule has 2 amide bonds. The molecule has 1 heterocycles. The summed E-state index contributed by atoms with van der Waals surface area (Å²) in [5, 5.41) is 8.90. The molecule has 0 aliphatic carbocycles. The van der Waals surface area contributed by atoms with Crippen molar-refractivity contribution in [1.29, 1.82) is 0 Å². The molecule has 3 N–H and O–H groups in total. The second-order valence-electron chi connectivity index (χ2n) is 5.35.